The van der Waals surface area contributed by atoms with Gasteiger partial charge in [-0.05, 0) is 11.4 Å². The Morgan fingerprint density at radius 2 is 2.30 bits per heavy atom. The fourth-order valence-corrected chi connectivity index (χ4v) is 3.88. The molecule has 1 aromatic heterocycles. The molecule has 2 atom stereocenters. The highest BCUT2D eigenvalue weighted by atomic mass is 32.1. The van der Waals surface area contributed by atoms with Crippen molar-refractivity contribution >= 4 is 17.2 Å². The van der Waals surface area contributed by atoms with Crippen LogP contribution >= 0.6 is 11.3 Å². The summed E-state index contributed by atoms with van der Waals surface area (Å²) < 4.78 is 11.0. The van der Waals surface area contributed by atoms with Crippen molar-refractivity contribution in [3.05, 3.63) is 22.4 Å². The third-order valence-corrected chi connectivity index (χ3v) is 5.24. The highest BCUT2D eigenvalue weighted by molar-refractivity contribution is 7.10. The minimum Gasteiger partial charge on any atom is -0.379 e. The zero-order valence-corrected chi connectivity index (χ0v) is 14.1. The molecule has 7 heteroatoms. The Balaban J connectivity index is 1.52. The number of hydrogen-bond acceptors (Lipinski definition) is 6. The van der Waals surface area contributed by atoms with Crippen molar-refractivity contribution in [2.75, 3.05) is 52.5 Å². The van der Waals surface area contributed by atoms with Crippen molar-refractivity contribution < 1.29 is 14.3 Å². The van der Waals surface area contributed by atoms with E-state index in [1.165, 1.54) is 4.88 Å². The summed E-state index contributed by atoms with van der Waals surface area (Å²) in [7, 11) is 0. The van der Waals surface area contributed by atoms with Crippen molar-refractivity contribution in [3.8, 4) is 0 Å². The number of morpholine rings is 2. The van der Waals surface area contributed by atoms with E-state index in [0.717, 1.165) is 39.4 Å². The van der Waals surface area contributed by atoms with E-state index in [1.54, 1.807) is 11.3 Å². The highest BCUT2D eigenvalue weighted by Gasteiger charge is 2.24. The molecule has 0 bridgehead atoms. The van der Waals surface area contributed by atoms with Gasteiger partial charge in [-0.1, -0.05) is 6.07 Å². The Morgan fingerprint density at radius 1 is 1.43 bits per heavy atom. The Kier molecular flexibility index (Phi) is 6.41. The van der Waals surface area contributed by atoms with E-state index >= 15 is 0 Å². The lowest BCUT2D eigenvalue weighted by molar-refractivity contribution is -0.124. The van der Waals surface area contributed by atoms with Crippen LogP contribution in [0.3, 0.4) is 0 Å². The maximum absolute atomic E-state index is 12.2. The average molecular weight is 339 g/mol. The molecule has 0 aliphatic carbocycles. The molecule has 2 fully saturated rings. The van der Waals surface area contributed by atoms with E-state index in [4.69, 9.17) is 9.47 Å². The summed E-state index contributed by atoms with van der Waals surface area (Å²) >= 11 is 1.74. The molecule has 3 rings (SSSR count). The van der Waals surface area contributed by atoms with Crippen LogP contribution in [0, 0.1) is 0 Å². The van der Waals surface area contributed by atoms with Gasteiger partial charge in [0.05, 0.1) is 38.4 Å². The minimum atomic E-state index is -0.00711. The summed E-state index contributed by atoms with van der Waals surface area (Å²) in [6, 6.07) is 4.44. The first kappa shape index (κ1) is 16.9. The maximum Gasteiger partial charge on any atom is 0.222 e. The molecular weight excluding hydrogens is 314 g/mol. The van der Waals surface area contributed by atoms with Crippen LogP contribution in [0.2, 0.25) is 0 Å². The number of amides is 1. The SMILES string of the molecule is O=C(CC1CNCCO1)NCC(c1cccs1)N1CCOCC1. The molecular formula is C16H25N3O3S. The Bertz CT molecular complexity index is 471. The topological polar surface area (TPSA) is 62.8 Å². The third kappa shape index (κ3) is 4.99. The van der Waals surface area contributed by atoms with Gasteiger partial charge in [-0.25, -0.2) is 0 Å². The molecule has 6 nitrogen and oxygen atoms in total. The number of rotatable bonds is 6. The van der Waals surface area contributed by atoms with E-state index < -0.39 is 0 Å². The largest absolute Gasteiger partial charge is 0.379 e. The smallest absolute Gasteiger partial charge is 0.222 e. The highest BCUT2D eigenvalue weighted by Crippen LogP contribution is 2.25. The van der Waals surface area contributed by atoms with Crippen LogP contribution in [0.4, 0.5) is 0 Å². The first-order valence-corrected chi connectivity index (χ1v) is 9.15. The molecule has 3 heterocycles. The van der Waals surface area contributed by atoms with Gasteiger partial charge in [-0.3, -0.25) is 9.69 Å². The van der Waals surface area contributed by atoms with Crippen molar-refractivity contribution in [1.29, 1.82) is 0 Å². The molecule has 0 radical (unpaired) electrons. The molecule has 0 spiro atoms. The predicted octanol–water partition coefficient (Wildman–Crippen LogP) is 0.616. The van der Waals surface area contributed by atoms with Crippen molar-refractivity contribution in [3.63, 3.8) is 0 Å². The number of hydrogen-bond donors (Lipinski definition) is 2. The lowest BCUT2D eigenvalue weighted by atomic mass is 10.1. The summed E-state index contributed by atoms with van der Waals surface area (Å²) in [4.78, 5) is 15.9. The molecule has 2 aliphatic rings. The van der Waals surface area contributed by atoms with Gasteiger partial charge in [0.1, 0.15) is 0 Å². The molecule has 2 N–H and O–H groups in total. The second-order valence-electron chi connectivity index (χ2n) is 5.88. The van der Waals surface area contributed by atoms with E-state index in [-0.39, 0.29) is 18.1 Å². The van der Waals surface area contributed by atoms with Gasteiger partial charge in [-0.15, -0.1) is 11.3 Å². The summed E-state index contributed by atoms with van der Waals surface area (Å²) in [6.07, 6.45) is 0.417. The van der Waals surface area contributed by atoms with Crippen LogP contribution in [0.1, 0.15) is 17.3 Å². The van der Waals surface area contributed by atoms with Gasteiger partial charge in [0, 0.05) is 37.6 Å². The number of ether oxygens (including phenoxy) is 2. The van der Waals surface area contributed by atoms with Crippen LogP contribution in [0.25, 0.3) is 0 Å². The monoisotopic (exact) mass is 339 g/mol. The molecule has 23 heavy (non-hydrogen) atoms. The molecule has 0 aromatic carbocycles. The maximum atomic E-state index is 12.2. The van der Waals surface area contributed by atoms with E-state index in [9.17, 15) is 4.79 Å². The van der Waals surface area contributed by atoms with Crippen molar-refractivity contribution in [1.82, 2.24) is 15.5 Å². The zero-order valence-electron chi connectivity index (χ0n) is 13.3. The lowest BCUT2D eigenvalue weighted by Crippen LogP contribution is -2.45. The molecule has 2 unspecified atom stereocenters. The van der Waals surface area contributed by atoms with Crippen LogP contribution in [-0.4, -0.2) is 69.5 Å². The molecule has 2 aliphatic heterocycles. The van der Waals surface area contributed by atoms with Gasteiger partial charge in [0.15, 0.2) is 0 Å². The second-order valence-corrected chi connectivity index (χ2v) is 6.86. The van der Waals surface area contributed by atoms with Crippen molar-refractivity contribution in [2.24, 2.45) is 0 Å². The summed E-state index contributed by atoms with van der Waals surface area (Å²) in [6.45, 7) is 6.29. The van der Waals surface area contributed by atoms with Gasteiger partial charge in [0.2, 0.25) is 5.91 Å². The van der Waals surface area contributed by atoms with E-state index in [0.29, 0.717) is 19.6 Å². The van der Waals surface area contributed by atoms with Crippen LogP contribution in [0.15, 0.2) is 17.5 Å². The second kappa shape index (κ2) is 8.75. The Hall–Kier alpha value is -0.990. The number of thiophene rings is 1. The summed E-state index contributed by atoms with van der Waals surface area (Å²) in [5.74, 6) is 0.0634. The number of carbonyl (C=O) groups excluding carboxylic acids is 1. The van der Waals surface area contributed by atoms with Gasteiger partial charge in [-0.2, -0.15) is 0 Å². The molecule has 128 valence electrons. The number of nitrogens with one attached hydrogen (secondary N) is 2. The quantitative estimate of drug-likeness (QED) is 0.795. The summed E-state index contributed by atoms with van der Waals surface area (Å²) in [5.41, 5.74) is 0. The zero-order chi connectivity index (χ0) is 15.9. The van der Waals surface area contributed by atoms with E-state index in [2.05, 4.69) is 33.0 Å². The standard InChI is InChI=1S/C16H25N3O3S/c20-16(10-13-11-17-3-6-22-13)18-12-14(15-2-1-9-23-15)19-4-7-21-8-5-19/h1-2,9,13-14,17H,3-8,10-12H2,(H,18,20). The normalized spacial score (nSPS) is 24.3. The lowest BCUT2D eigenvalue weighted by Gasteiger charge is -2.34. The summed E-state index contributed by atoms with van der Waals surface area (Å²) in [5, 5.41) is 8.44. The fourth-order valence-electron chi connectivity index (χ4n) is 3.02. The molecule has 2 saturated heterocycles. The molecule has 0 saturated carbocycles. The minimum absolute atomic E-state index is 0.00711. The van der Waals surface area contributed by atoms with Crippen molar-refractivity contribution in [2.45, 2.75) is 18.6 Å². The predicted molar refractivity (Wildman–Crippen MR) is 89.7 cm³/mol. The number of carbonyl (C=O) groups is 1. The van der Waals surface area contributed by atoms with E-state index in [1.807, 2.05) is 0 Å². The fraction of sp³-hybridized carbons (Fsp3) is 0.688. The average Bonchev–Trinajstić information content (AvgIpc) is 3.11. The van der Waals surface area contributed by atoms with Gasteiger partial charge >= 0.3 is 0 Å². The van der Waals surface area contributed by atoms with Crippen LogP contribution in [-0.2, 0) is 14.3 Å². The van der Waals surface area contributed by atoms with Gasteiger partial charge < -0.3 is 20.1 Å². The molecule has 1 aromatic rings. The van der Waals surface area contributed by atoms with Crippen LogP contribution < -0.4 is 10.6 Å². The first-order valence-electron chi connectivity index (χ1n) is 8.27. The molecule has 1 amide bonds. The van der Waals surface area contributed by atoms with Crippen LogP contribution in [0.5, 0.6) is 0 Å². The number of nitrogens with zero attached hydrogens (tertiary/aromatic N) is 1. The Morgan fingerprint density at radius 3 is 3.00 bits per heavy atom. The third-order valence-electron chi connectivity index (χ3n) is 4.27. The first-order chi connectivity index (χ1) is 11.3. The Labute approximate surface area is 141 Å². The van der Waals surface area contributed by atoms with Gasteiger partial charge in [0.25, 0.3) is 0 Å².